The number of methoxy groups -OCH3 is 1. The number of aliphatic carboxylic acids is 1. The highest BCUT2D eigenvalue weighted by Crippen LogP contribution is 2.30. The lowest BCUT2D eigenvalue weighted by molar-refractivity contribution is -0.138. The van der Waals surface area contributed by atoms with Crippen molar-refractivity contribution >= 4 is 11.9 Å². The van der Waals surface area contributed by atoms with Gasteiger partial charge in [0, 0.05) is 5.57 Å². The van der Waals surface area contributed by atoms with Gasteiger partial charge in [-0.05, 0) is 25.2 Å². The summed E-state index contributed by atoms with van der Waals surface area (Å²) in [5, 5.41) is 8.96. The first kappa shape index (κ1) is 10.8. The third-order valence-electron chi connectivity index (χ3n) is 2.54. The molecule has 0 aromatic heterocycles. The highest BCUT2D eigenvalue weighted by atomic mass is 16.5. The molecular weight excluding hydrogens is 184 g/mol. The summed E-state index contributed by atoms with van der Waals surface area (Å²) in [5.41, 5.74) is 0.557. The van der Waals surface area contributed by atoms with E-state index >= 15 is 0 Å². The zero-order valence-electron chi connectivity index (χ0n) is 8.37. The van der Waals surface area contributed by atoms with Crippen LogP contribution in [0.15, 0.2) is 11.1 Å². The van der Waals surface area contributed by atoms with Crippen molar-refractivity contribution in [1.29, 1.82) is 0 Å². The molecule has 0 bridgehead atoms. The Hall–Kier alpha value is -1.32. The number of carbonyl (C=O) groups is 2. The molecule has 1 aliphatic rings. The van der Waals surface area contributed by atoms with E-state index in [2.05, 4.69) is 4.74 Å². The molecule has 78 valence electrons. The normalized spacial score (nSPS) is 22.0. The largest absolute Gasteiger partial charge is 0.478 e. The first-order valence-electron chi connectivity index (χ1n) is 4.62. The van der Waals surface area contributed by atoms with Crippen LogP contribution in [-0.4, -0.2) is 24.2 Å². The van der Waals surface area contributed by atoms with E-state index in [1.807, 2.05) is 6.92 Å². The molecule has 1 N–H and O–H groups in total. The Balaban J connectivity index is 3.09. The highest BCUT2D eigenvalue weighted by molar-refractivity contribution is 6.00. The van der Waals surface area contributed by atoms with Crippen LogP contribution in [0.3, 0.4) is 0 Å². The van der Waals surface area contributed by atoms with Gasteiger partial charge in [-0.1, -0.05) is 6.92 Å². The Morgan fingerprint density at radius 1 is 1.50 bits per heavy atom. The molecule has 0 heterocycles. The lowest BCUT2D eigenvalue weighted by Crippen LogP contribution is -2.21. The summed E-state index contributed by atoms with van der Waals surface area (Å²) in [7, 11) is 1.27. The molecule has 0 radical (unpaired) electrons. The lowest BCUT2D eigenvalue weighted by Gasteiger charge is -2.21. The van der Waals surface area contributed by atoms with E-state index in [9.17, 15) is 9.59 Å². The predicted octanol–water partition coefficient (Wildman–Crippen LogP) is 1.36. The molecule has 0 saturated carbocycles. The number of rotatable bonds is 2. The van der Waals surface area contributed by atoms with Crippen molar-refractivity contribution in [3.05, 3.63) is 11.1 Å². The van der Waals surface area contributed by atoms with Crippen LogP contribution in [0.25, 0.3) is 0 Å². The summed E-state index contributed by atoms with van der Waals surface area (Å²) < 4.78 is 4.56. The van der Waals surface area contributed by atoms with Crippen molar-refractivity contribution in [2.75, 3.05) is 7.11 Å². The molecule has 1 rings (SSSR count). The fourth-order valence-corrected chi connectivity index (χ4v) is 1.84. The van der Waals surface area contributed by atoms with E-state index in [0.29, 0.717) is 12.0 Å². The minimum atomic E-state index is -1.00. The van der Waals surface area contributed by atoms with Crippen molar-refractivity contribution in [2.24, 2.45) is 5.92 Å². The molecule has 0 saturated heterocycles. The van der Waals surface area contributed by atoms with E-state index in [0.717, 1.165) is 12.8 Å². The van der Waals surface area contributed by atoms with Crippen LogP contribution >= 0.6 is 0 Å². The quantitative estimate of drug-likeness (QED) is 0.680. The predicted molar refractivity (Wildman–Crippen MR) is 49.7 cm³/mol. The number of hydrogen-bond donors (Lipinski definition) is 1. The Bertz CT molecular complexity index is 290. The Kier molecular flexibility index (Phi) is 3.28. The minimum Gasteiger partial charge on any atom is -0.478 e. The van der Waals surface area contributed by atoms with Gasteiger partial charge in [-0.25, -0.2) is 9.59 Å². The molecule has 0 aromatic rings. The third kappa shape index (κ3) is 1.95. The van der Waals surface area contributed by atoms with Crippen LogP contribution in [-0.2, 0) is 14.3 Å². The van der Waals surface area contributed by atoms with Crippen LogP contribution in [0.1, 0.15) is 26.2 Å². The van der Waals surface area contributed by atoms with Crippen LogP contribution in [0.5, 0.6) is 0 Å². The fraction of sp³-hybridized carbons (Fsp3) is 0.600. The second-order valence-corrected chi connectivity index (χ2v) is 3.48. The van der Waals surface area contributed by atoms with E-state index in [1.54, 1.807) is 0 Å². The zero-order chi connectivity index (χ0) is 10.7. The maximum Gasteiger partial charge on any atom is 0.334 e. The lowest BCUT2D eigenvalue weighted by atomic mass is 9.84. The second-order valence-electron chi connectivity index (χ2n) is 3.48. The number of carbonyl (C=O) groups excluding carboxylic acids is 1. The van der Waals surface area contributed by atoms with Gasteiger partial charge >= 0.3 is 11.9 Å². The summed E-state index contributed by atoms with van der Waals surface area (Å²) >= 11 is 0. The van der Waals surface area contributed by atoms with Gasteiger partial charge in [-0.2, -0.15) is 0 Å². The van der Waals surface area contributed by atoms with Gasteiger partial charge in [0.15, 0.2) is 0 Å². The molecule has 4 nitrogen and oxygen atoms in total. The molecule has 0 aliphatic heterocycles. The van der Waals surface area contributed by atoms with E-state index in [1.165, 1.54) is 7.11 Å². The zero-order valence-corrected chi connectivity index (χ0v) is 8.37. The third-order valence-corrected chi connectivity index (χ3v) is 2.54. The number of carboxylic acids is 1. The van der Waals surface area contributed by atoms with Gasteiger partial charge in [0.2, 0.25) is 0 Å². The molecule has 0 aromatic carbocycles. The monoisotopic (exact) mass is 198 g/mol. The molecule has 0 fully saturated rings. The van der Waals surface area contributed by atoms with Gasteiger partial charge in [-0.3, -0.25) is 0 Å². The van der Waals surface area contributed by atoms with E-state index in [4.69, 9.17) is 5.11 Å². The summed E-state index contributed by atoms with van der Waals surface area (Å²) in [5.74, 6) is -1.57. The van der Waals surface area contributed by atoms with E-state index in [-0.39, 0.29) is 11.5 Å². The van der Waals surface area contributed by atoms with Crippen molar-refractivity contribution in [3.8, 4) is 0 Å². The molecular formula is C10H14O4. The van der Waals surface area contributed by atoms with Crippen molar-refractivity contribution < 1.29 is 19.4 Å². The van der Waals surface area contributed by atoms with Crippen LogP contribution in [0.4, 0.5) is 0 Å². The van der Waals surface area contributed by atoms with Gasteiger partial charge in [0.25, 0.3) is 0 Å². The second kappa shape index (κ2) is 4.26. The molecule has 0 unspecified atom stereocenters. The minimum absolute atomic E-state index is 0.0599. The summed E-state index contributed by atoms with van der Waals surface area (Å²) in [6.45, 7) is 1.82. The number of hydrogen-bond acceptors (Lipinski definition) is 3. The van der Waals surface area contributed by atoms with Gasteiger partial charge < -0.3 is 9.84 Å². The highest BCUT2D eigenvalue weighted by Gasteiger charge is 2.28. The van der Waals surface area contributed by atoms with Crippen LogP contribution in [0, 0.1) is 5.92 Å². The Labute approximate surface area is 82.6 Å². The number of ether oxygens (including phenoxy) is 1. The summed E-state index contributed by atoms with van der Waals surface area (Å²) in [6.07, 6.45) is 2.18. The average Bonchev–Trinajstić information content (AvgIpc) is 2.15. The molecule has 4 heteroatoms. The molecule has 1 aliphatic carbocycles. The smallest absolute Gasteiger partial charge is 0.334 e. The van der Waals surface area contributed by atoms with Gasteiger partial charge in [-0.15, -0.1) is 0 Å². The molecule has 14 heavy (non-hydrogen) atoms. The topological polar surface area (TPSA) is 63.6 Å². The van der Waals surface area contributed by atoms with Crippen LogP contribution < -0.4 is 0 Å². The van der Waals surface area contributed by atoms with E-state index < -0.39 is 11.9 Å². The van der Waals surface area contributed by atoms with Crippen molar-refractivity contribution in [1.82, 2.24) is 0 Å². The average molecular weight is 198 g/mol. The standard InChI is InChI=1S/C10H14O4/c1-6-4-3-5-7(10(13)14-2)8(6)9(11)12/h6H,3-5H2,1-2H3,(H,11,12)/t6-/m0/s1. The SMILES string of the molecule is COC(=O)C1=C(C(=O)O)[C@@H](C)CCC1. The first-order chi connectivity index (χ1) is 6.57. The van der Waals surface area contributed by atoms with Crippen LogP contribution in [0.2, 0.25) is 0 Å². The number of esters is 1. The summed E-state index contributed by atoms with van der Waals surface area (Å²) in [4.78, 5) is 22.2. The first-order valence-corrected chi connectivity index (χ1v) is 4.62. The maximum atomic E-state index is 11.3. The van der Waals surface area contributed by atoms with Crippen molar-refractivity contribution in [3.63, 3.8) is 0 Å². The molecule has 1 atom stereocenters. The number of carboxylic acid groups (broad SMARTS) is 1. The van der Waals surface area contributed by atoms with Gasteiger partial charge in [0.1, 0.15) is 0 Å². The fourth-order valence-electron chi connectivity index (χ4n) is 1.84. The Morgan fingerprint density at radius 3 is 2.64 bits per heavy atom. The maximum absolute atomic E-state index is 11.3. The van der Waals surface area contributed by atoms with Crippen molar-refractivity contribution in [2.45, 2.75) is 26.2 Å². The van der Waals surface area contributed by atoms with Gasteiger partial charge in [0.05, 0.1) is 12.7 Å². The molecule has 0 amide bonds. The molecule has 0 spiro atoms. The summed E-state index contributed by atoms with van der Waals surface area (Å²) in [6, 6.07) is 0. The Morgan fingerprint density at radius 2 is 2.14 bits per heavy atom.